The molecule has 15 heavy (non-hydrogen) atoms. The Morgan fingerprint density at radius 1 is 1.60 bits per heavy atom. The highest BCUT2D eigenvalue weighted by Gasteiger charge is 2.09. The molecule has 5 nitrogen and oxygen atoms in total. The maximum atomic E-state index is 9.11. The van der Waals surface area contributed by atoms with Crippen LogP contribution < -0.4 is 0 Å². The highest BCUT2D eigenvalue weighted by Crippen LogP contribution is 2.13. The van der Waals surface area contributed by atoms with E-state index in [0.717, 1.165) is 5.69 Å². The molecule has 0 amide bonds. The molecular weight excluding hydrogens is 194 g/mol. The van der Waals surface area contributed by atoms with Gasteiger partial charge in [0, 0.05) is 12.6 Å². The Hall–Kier alpha value is -1.62. The van der Waals surface area contributed by atoms with E-state index >= 15 is 0 Å². The van der Waals surface area contributed by atoms with Crippen LogP contribution in [-0.2, 0) is 6.42 Å². The van der Waals surface area contributed by atoms with Gasteiger partial charge in [-0.3, -0.25) is 0 Å². The van der Waals surface area contributed by atoms with Crippen LogP contribution in [0.4, 0.5) is 0 Å². The van der Waals surface area contributed by atoms with Crippen LogP contribution in [-0.4, -0.2) is 26.3 Å². The topological polar surface area (TPSA) is 74.9 Å². The summed E-state index contributed by atoms with van der Waals surface area (Å²) in [5.74, 6) is 1.11. The fraction of sp³-hybridized carbons (Fsp3) is 0.400. The van der Waals surface area contributed by atoms with Crippen LogP contribution in [0.1, 0.15) is 19.2 Å². The van der Waals surface area contributed by atoms with Crippen molar-refractivity contribution in [1.82, 2.24) is 15.1 Å². The van der Waals surface area contributed by atoms with Crippen molar-refractivity contribution < 1.29 is 9.63 Å². The number of aliphatic hydroxyl groups excluding tert-OH is 1. The number of aromatic nitrogens is 3. The van der Waals surface area contributed by atoms with E-state index in [1.807, 2.05) is 12.1 Å². The zero-order valence-electron chi connectivity index (χ0n) is 8.47. The maximum absolute atomic E-state index is 9.11. The third kappa shape index (κ3) is 2.44. The van der Waals surface area contributed by atoms with Gasteiger partial charge in [0.2, 0.25) is 11.7 Å². The molecule has 5 heteroatoms. The van der Waals surface area contributed by atoms with Crippen molar-refractivity contribution in [2.24, 2.45) is 0 Å². The first-order valence-corrected chi connectivity index (χ1v) is 4.90. The van der Waals surface area contributed by atoms with Crippen LogP contribution in [0, 0.1) is 0 Å². The lowest BCUT2D eigenvalue weighted by atomic mass is 10.2. The minimum Gasteiger partial charge on any atom is -0.393 e. The van der Waals surface area contributed by atoms with Crippen molar-refractivity contribution in [2.75, 3.05) is 0 Å². The lowest BCUT2D eigenvalue weighted by Crippen LogP contribution is -2.01. The Bertz CT molecular complexity index is 406. The first-order chi connectivity index (χ1) is 7.25. The monoisotopic (exact) mass is 207 g/mol. The van der Waals surface area contributed by atoms with Gasteiger partial charge >= 0.3 is 0 Å². The Kier molecular flexibility index (Phi) is 2.82. The normalized spacial score (nSPS) is 12.9. The molecule has 0 radical (unpaired) electrons. The number of nitrogens with zero attached hydrogens (tertiary/aromatic N) is 2. The first-order valence-electron chi connectivity index (χ1n) is 4.90. The smallest absolute Gasteiger partial charge is 0.227 e. The van der Waals surface area contributed by atoms with Gasteiger partial charge in [-0.05, 0) is 25.5 Å². The third-order valence-corrected chi connectivity index (χ3v) is 2.08. The Morgan fingerprint density at radius 2 is 2.47 bits per heavy atom. The molecule has 2 aromatic heterocycles. The molecule has 0 saturated heterocycles. The lowest BCUT2D eigenvalue weighted by Gasteiger charge is -1.98. The van der Waals surface area contributed by atoms with Crippen molar-refractivity contribution in [3.8, 4) is 11.5 Å². The predicted octanol–water partition coefficient (Wildman–Crippen LogP) is 1.38. The molecule has 0 saturated carbocycles. The van der Waals surface area contributed by atoms with Crippen LogP contribution in [0.15, 0.2) is 22.9 Å². The summed E-state index contributed by atoms with van der Waals surface area (Å²) in [4.78, 5) is 7.20. The Morgan fingerprint density at radius 3 is 3.13 bits per heavy atom. The van der Waals surface area contributed by atoms with E-state index in [0.29, 0.717) is 24.6 Å². The SMILES string of the molecule is CC(O)CCc1nc(-c2ccc[nH]2)no1. The summed E-state index contributed by atoms with van der Waals surface area (Å²) in [5.41, 5.74) is 0.835. The van der Waals surface area contributed by atoms with E-state index < -0.39 is 0 Å². The number of aromatic amines is 1. The first kappa shape index (κ1) is 9.92. The van der Waals surface area contributed by atoms with E-state index in [9.17, 15) is 0 Å². The van der Waals surface area contributed by atoms with Crippen LogP contribution in [0.3, 0.4) is 0 Å². The molecule has 2 rings (SSSR count). The second-order valence-electron chi connectivity index (χ2n) is 3.48. The van der Waals surface area contributed by atoms with Gasteiger partial charge in [-0.25, -0.2) is 0 Å². The van der Waals surface area contributed by atoms with Gasteiger partial charge in [0.15, 0.2) is 0 Å². The minimum absolute atomic E-state index is 0.342. The van der Waals surface area contributed by atoms with Crippen molar-refractivity contribution in [3.05, 3.63) is 24.2 Å². The highest BCUT2D eigenvalue weighted by molar-refractivity contribution is 5.47. The number of hydrogen-bond donors (Lipinski definition) is 2. The quantitative estimate of drug-likeness (QED) is 0.794. The van der Waals surface area contributed by atoms with Crippen LogP contribution in [0.2, 0.25) is 0 Å². The van der Waals surface area contributed by atoms with Crippen LogP contribution in [0.25, 0.3) is 11.5 Å². The standard InChI is InChI=1S/C10H13N3O2/c1-7(14)4-5-9-12-10(13-15-9)8-3-2-6-11-8/h2-3,6-7,11,14H,4-5H2,1H3. The van der Waals surface area contributed by atoms with Gasteiger partial charge in [-0.2, -0.15) is 4.98 Å². The molecule has 2 N–H and O–H groups in total. The van der Waals surface area contributed by atoms with Crippen molar-refractivity contribution in [3.63, 3.8) is 0 Å². The van der Waals surface area contributed by atoms with Crippen molar-refractivity contribution in [1.29, 1.82) is 0 Å². The molecule has 80 valence electrons. The van der Waals surface area contributed by atoms with E-state index in [1.54, 1.807) is 13.1 Å². The van der Waals surface area contributed by atoms with Crippen LogP contribution >= 0.6 is 0 Å². The largest absolute Gasteiger partial charge is 0.393 e. The molecule has 0 spiro atoms. The van der Waals surface area contributed by atoms with Crippen molar-refractivity contribution in [2.45, 2.75) is 25.9 Å². The average Bonchev–Trinajstić information content (AvgIpc) is 2.85. The summed E-state index contributed by atoms with van der Waals surface area (Å²) in [5, 5.41) is 12.9. The molecule has 1 atom stereocenters. The zero-order chi connectivity index (χ0) is 10.7. The fourth-order valence-corrected chi connectivity index (χ4v) is 1.27. The third-order valence-electron chi connectivity index (χ3n) is 2.08. The van der Waals surface area contributed by atoms with Crippen LogP contribution in [0.5, 0.6) is 0 Å². The summed E-state index contributed by atoms with van der Waals surface area (Å²) in [6.45, 7) is 1.74. The second kappa shape index (κ2) is 4.27. The number of aliphatic hydroxyl groups is 1. The summed E-state index contributed by atoms with van der Waals surface area (Å²) in [6, 6.07) is 3.75. The van der Waals surface area contributed by atoms with Gasteiger partial charge < -0.3 is 14.6 Å². The van der Waals surface area contributed by atoms with Crippen molar-refractivity contribution >= 4 is 0 Å². The van der Waals surface area contributed by atoms with E-state index in [4.69, 9.17) is 9.63 Å². The Balaban J connectivity index is 2.04. The summed E-state index contributed by atoms with van der Waals surface area (Å²) in [7, 11) is 0. The molecule has 0 aliphatic heterocycles. The maximum Gasteiger partial charge on any atom is 0.227 e. The van der Waals surface area contributed by atoms with Gasteiger partial charge in [-0.1, -0.05) is 5.16 Å². The molecule has 2 heterocycles. The molecular formula is C10H13N3O2. The minimum atomic E-state index is -0.342. The lowest BCUT2D eigenvalue weighted by molar-refractivity contribution is 0.180. The van der Waals surface area contributed by atoms with E-state index in [2.05, 4.69) is 15.1 Å². The second-order valence-corrected chi connectivity index (χ2v) is 3.48. The number of aryl methyl sites for hydroxylation is 1. The predicted molar refractivity (Wildman–Crippen MR) is 54.1 cm³/mol. The molecule has 1 unspecified atom stereocenters. The molecule has 0 aromatic carbocycles. The van der Waals surface area contributed by atoms with Gasteiger partial charge in [0.05, 0.1) is 11.8 Å². The number of rotatable bonds is 4. The van der Waals surface area contributed by atoms with E-state index in [-0.39, 0.29) is 6.10 Å². The van der Waals surface area contributed by atoms with Gasteiger partial charge in [0.1, 0.15) is 0 Å². The van der Waals surface area contributed by atoms with E-state index in [1.165, 1.54) is 0 Å². The number of H-pyrrole nitrogens is 1. The summed E-state index contributed by atoms with van der Waals surface area (Å²) in [6.07, 6.45) is 2.70. The molecule has 0 bridgehead atoms. The molecule has 0 aliphatic rings. The zero-order valence-corrected chi connectivity index (χ0v) is 8.47. The summed E-state index contributed by atoms with van der Waals surface area (Å²) >= 11 is 0. The molecule has 0 aliphatic carbocycles. The number of hydrogen-bond acceptors (Lipinski definition) is 4. The number of nitrogens with one attached hydrogen (secondary N) is 1. The van der Waals surface area contributed by atoms with Gasteiger partial charge in [0.25, 0.3) is 0 Å². The average molecular weight is 207 g/mol. The molecule has 2 aromatic rings. The Labute approximate surface area is 87.1 Å². The van der Waals surface area contributed by atoms with Gasteiger partial charge in [-0.15, -0.1) is 0 Å². The summed E-state index contributed by atoms with van der Waals surface area (Å²) < 4.78 is 5.05. The fourth-order valence-electron chi connectivity index (χ4n) is 1.27. The highest BCUT2D eigenvalue weighted by atomic mass is 16.5. The molecule has 0 fully saturated rings.